The van der Waals surface area contributed by atoms with Gasteiger partial charge in [-0.05, 0) is 31.0 Å². The van der Waals surface area contributed by atoms with Gasteiger partial charge in [-0.25, -0.2) is 12.8 Å². The summed E-state index contributed by atoms with van der Waals surface area (Å²) in [6, 6.07) is 3.19. The molecule has 0 radical (unpaired) electrons. The minimum atomic E-state index is -3.73. The van der Waals surface area contributed by atoms with Gasteiger partial charge in [0.25, 0.3) is 0 Å². The summed E-state index contributed by atoms with van der Waals surface area (Å²) in [5.74, 6) is -0.950. The molecule has 1 aromatic rings. The smallest absolute Gasteiger partial charge is 0.188 e. The molecule has 0 N–H and O–H groups in total. The maximum Gasteiger partial charge on any atom is 0.188 e. The third kappa shape index (κ3) is 2.21. The van der Waals surface area contributed by atoms with E-state index in [1.807, 2.05) is 0 Å². The van der Waals surface area contributed by atoms with Crippen molar-refractivity contribution in [3.63, 3.8) is 0 Å². The summed E-state index contributed by atoms with van der Waals surface area (Å²) in [6.45, 7) is 0. The molecule has 2 rings (SSSR count). The lowest BCUT2D eigenvalue weighted by Gasteiger charge is -2.10. The van der Waals surface area contributed by atoms with Crippen LogP contribution in [0.15, 0.2) is 23.1 Å². The van der Waals surface area contributed by atoms with Crippen LogP contribution in [0.5, 0.6) is 0 Å². The monoisotopic (exact) mass is 276 g/mol. The van der Waals surface area contributed by atoms with Crippen LogP contribution in [0.3, 0.4) is 0 Å². The van der Waals surface area contributed by atoms with Gasteiger partial charge in [0.2, 0.25) is 0 Å². The van der Waals surface area contributed by atoms with Crippen molar-refractivity contribution in [3.8, 4) is 0 Å². The van der Waals surface area contributed by atoms with E-state index >= 15 is 0 Å². The van der Waals surface area contributed by atoms with Crippen LogP contribution in [-0.2, 0) is 14.6 Å². The van der Waals surface area contributed by atoms with Crippen LogP contribution >= 0.6 is 11.6 Å². The van der Waals surface area contributed by atoms with E-state index in [9.17, 15) is 17.6 Å². The van der Waals surface area contributed by atoms with Crippen molar-refractivity contribution in [1.82, 2.24) is 0 Å². The maximum atomic E-state index is 12.9. The molecule has 1 aromatic carbocycles. The number of sulfone groups is 1. The highest BCUT2D eigenvalue weighted by atomic mass is 35.5. The summed E-state index contributed by atoms with van der Waals surface area (Å²) in [4.78, 5) is 11.4. The molecule has 0 spiro atoms. The lowest BCUT2D eigenvalue weighted by atomic mass is 10.3. The Morgan fingerprint density at radius 2 is 2.06 bits per heavy atom. The van der Waals surface area contributed by atoms with E-state index in [4.69, 9.17) is 11.6 Å². The zero-order valence-electron chi connectivity index (χ0n) is 8.82. The number of halogens is 2. The van der Waals surface area contributed by atoms with Gasteiger partial charge in [-0.2, -0.15) is 0 Å². The van der Waals surface area contributed by atoms with Crippen LogP contribution in [0.25, 0.3) is 0 Å². The summed E-state index contributed by atoms with van der Waals surface area (Å²) in [5.41, 5.74) is 0. The fourth-order valence-corrected chi connectivity index (χ4v) is 3.98. The molecule has 0 aromatic heterocycles. The molecule has 6 heteroatoms. The number of ketones is 1. The van der Waals surface area contributed by atoms with Crippen LogP contribution in [0.2, 0.25) is 5.02 Å². The average molecular weight is 277 g/mol. The van der Waals surface area contributed by atoms with Crippen LogP contribution in [-0.4, -0.2) is 19.5 Å². The molecule has 3 nitrogen and oxygen atoms in total. The van der Waals surface area contributed by atoms with Crippen LogP contribution in [0.4, 0.5) is 4.39 Å². The van der Waals surface area contributed by atoms with Gasteiger partial charge in [0, 0.05) is 6.42 Å². The summed E-state index contributed by atoms with van der Waals surface area (Å²) in [7, 11) is -3.73. The van der Waals surface area contributed by atoms with Gasteiger partial charge >= 0.3 is 0 Å². The van der Waals surface area contributed by atoms with E-state index in [-0.39, 0.29) is 15.7 Å². The van der Waals surface area contributed by atoms with Crippen LogP contribution in [0.1, 0.15) is 19.3 Å². The van der Waals surface area contributed by atoms with Gasteiger partial charge in [0.05, 0.1) is 9.92 Å². The number of carbonyl (C=O) groups is 1. The van der Waals surface area contributed by atoms with E-state index in [0.717, 1.165) is 18.2 Å². The first-order valence-electron chi connectivity index (χ1n) is 5.14. The van der Waals surface area contributed by atoms with Gasteiger partial charge in [0.1, 0.15) is 11.1 Å². The third-order valence-corrected chi connectivity index (χ3v) is 5.29. The second kappa shape index (κ2) is 4.38. The third-order valence-electron chi connectivity index (χ3n) is 2.84. The minimum absolute atomic E-state index is 0.0934. The Morgan fingerprint density at radius 3 is 2.59 bits per heavy atom. The van der Waals surface area contributed by atoms with Crippen molar-refractivity contribution in [2.75, 3.05) is 0 Å². The fraction of sp³-hybridized carbons (Fsp3) is 0.364. The topological polar surface area (TPSA) is 51.2 Å². The molecular weight excluding hydrogens is 267 g/mol. The molecule has 0 heterocycles. The Kier molecular flexibility index (Phi) is 3.23. The number of Topliss-reactive ketones (excluding diaryl/α,β-unsaturated/α-hetero) is 1. The normalized spacial score (nSPS) is 20.8. The summed E-state index contributed by atoms with van der Waals surface area (Å²) in [5, 5.41) is -1.25. The number of benzene rings is 1. The fourth-order valence-electron chi connectivity index (χ4n) is 1.93. The highest BCUT2D eigenvalue weighted by Gasteiger charge is 2.37. The maximum absolute atomic E-state index is 12.9. The Hall–Kier alpha value is -0.940. The number of carbonyl (C=O) groups excluding carboxylic acids is 1. The molecule has 1 fully saturated rings. The van der Waals surface area contributed by atoms with E-state index < -0.39 is 20.9 Å². The lowest BCUT2D eigenvalue weighted by Crippen LogP contribution is -2.25. The standard InChI is InChI=1S/C11H10ClFO3S/c12-8-6-7(4-5-9(8)13)17(15,16)11-3-1-2-10(11)14/h4-6,11H,1-3H2. The number of hydrogen-bond donors (Lipinski definition) is 0. The second-order valence-electron chi connectivity index (χ2n) is 3.97. The van der Waals surface area contributed by atoms with Crippen molar-refractivity contribution in [3.05, 3.63) is 29.0 Å². The number of rotatable bonds is 2. The predicted molar refractivity (Wildman–Crippen MR) is 61.2 cm³/mol. The van der Waals surface area contributed by atoms with Crippen molar-refractivity contribution < 1.29 is 17.6 Å². The second-order valence-corrected chi connectivity index (χ2v) is 6.51. The SMILES string of the molecule is O=C1CCCC1S(=O)(=O)c1ccc(F)c(Cl)c1. The summed E-state index contributed by atoms with van der Waals surface area (Å²) in [6.07, 6.45) is 1.20. The molecule has 0 saturated heterocycles. The van der Waals surface area contributed by atoms with Gasteiger partial charge in [-0.3, -0.25) is 4.79 Å². The quantitative estimate of drug-likeness (QED) is 0.779. The van der Waals surface area contributed by atoms with Gasteiger partial charge in [0.15, 0.2) is 15.6 Å². The molecular formula is C11H10ClFO3S. The van der Waals surface area contributed by atoms with E-state index in [1.165, 1.54) is 0 Å². The highest BCUT2D eigenvalue weighted by Crippen LogP contribution is 2.29. The van der Waals surface area contributed by atoms with Gasteiger partial charge in [-0.15, -0.1) is 0 Å². The van der Waals surface area contributed by atoms with Crippen molar-refractivity contribution >= 4 is 27.2 Å². The number of hydrogen-bond acceptors (Lipinski definition) is 3. The molecule has 1 saturated carbocycles. The van der Waals surface area contributed by atoms with E-state index in [0.29, 0.717) is 19.3 Å². The lowest BCUT2D eigenvalue weighted by molar-refractivity contribution is -0.117. The predicted octanol–water partition coefficient (Wildman–Crippen LogP) is 2.37. The van der Waals surface area contributed by atoms with Crippen molar-refractivity contribution in [1.29, 1.82) is 0 Å². The summed E-state index contributed by atoms with van der Waals surface area (Å²) >= 11 is 5.54. The van der Waals surface area contributed by atoms with Crippen LogP contribution in [0, 0.1) is 5.82 Å². The van der Waals surface area contributed by atoms with E-state index in [1.54, 1.807) is 0 Å². The van der Waals surface area contributed by atoms with Crippen molar-refractivity contribution in [2.45, 2.75) is 29.4 Å². The van der Waals surface area contributed by atoms with Gasteiger partial charge < -0.3 is 0 Å². The Balaban J connectivity index is 2.44. The highest BCUT2D eigenvalue weighted by molar-refractivity contribution is 7.92. The molecule has 1 unspecified atom stereocenters. The first-order chi connectivity index (χ1) is 7.93. The molecule has 1 atom stereocenters. The largest absolute Gasteiger partial charge is 0.298 e. The Labute approximate surface area is 104 Å². The van der Waals surface area contributed by atoms with Gasteiger partial charge in [-0.1, -0.05) is 11.6 Å². The Morgan fingerprint density at radius 1 is 1.35 bits per heavy atom. The zero-order chi connectivity index (χ0) is 12.6. The molecule has 1 aliphatic carbocycles. The molecule has 92 valence electrons. The van der Waals surface area contributed by atoms with Crippen molar-refractivity contribution in [2.24, 2.45) is 0 Å². The van der Waals surface area contributed by atoms with Crippen LogP contribution < -0.4 is 0 Å². The molecule has 0 bridgehead atoms. The minimum Gasteiger partial charge on any atom is -0.298 e. The Bertz CT molecular complexity index is 568. The molecule has 17 heavy (non-hydrogen) atoms. The zero-order valence-corrected chi connectivity index (χ0v) is 10.4. The average Bonchev–Trinajstić information content (AvgIpc) is 2.69. The molecule has 0 amide bonds. The molecule has 1 aliphatic rings. The first-order valence-corrected chi connectivity index (χ1v) is 7.07. The van der Waals surface area contributed by atoms with E-state index in [2.05, 4.69) is 0 Å². The first kappa shape index (κ1) is 12.5. The molecule has 0 aliphatic heterocycles. The summed E-state index contributed by atoms with van der Waals surface area (Å²) < 4.78 is 37.2.